The maximum atomic E-state index is 12.9. The van der Waals surface area contributed by atoms with Gasteiger partial charge in [0.1, 0.15) is 0 Å². The number of nitriles is 1. The van der Waals surface area contributed by atoms with Gasteiger partial charge in [0.15, 0.2) is 5.78 Å². The third-order valence-corrected chi connectivity index (χ3v) is 5.94. The van der Waals surface area contributed by atoms with E-state index in [-0.39, 0.29) is 17.1 Å². The van der Waals surface area contributed by atoms with Crippen LogP contribution < -0.4 is 0 Å². The van der Waals surface area contributed by atoms with Crippen LogP contribution >= 0.6 is 0 Å². The highest BCUT2D eigenvalue weighted by Gasteiger charge is 2.45. The Balaban J connectivity index is 1.50. The number of hydrogen-bond acceptors (Lipinski definition) is 4. The van der Waals surface area contributed by atoms with Gasteiger partial charge in [-0.1, -0.05) is 24.3 Å². The maximum absolute atomic E-state index is 12.9. The molecule has 4 nitrogen and oxygen atoms in total. The molecule has 4 rings (SSSR count). The monoisotopic (exact) mass is 310 g/mol. The van der Waals surface area contributed by atoms with Crippen molar-refractivity contribution in [3.05, 3.63) is 35.4 Å². The fourth-order valence-electron chi connectivity index (χ4n) is 4.09. The molecule has 0 N–H and O–H groups in total. The van der Waals surface area contributed by atoms with Crippen molar-refractivity contribution < 1.29 is 9.53 Å². The predicted molar refractivity (Wildman–Crippen MR) is 86.2 cm³/mol. The molecular weight excluding hydrogens is 288 g/mol. The molecule has 1 aromatic carbocycles. The Morgan fingerprint density at radius 2 is 1.83 bits per heavy atom. The molecule has 0 aromatic heterocycles. The number of nitrogens with zero attached hydrogens (tertiary/aromatic N) is 2. The van der Waals surface area contributed by atoms with E-state index < -0.39 is 0 Å². The van der Waals surface area contributed by atoms with E-state index in [0.717, 1.165) is 50.0 Å². The van der Waals surface area contributed by atoms with Crippen molar-refractivity contribution >= 4 is 5.78 Å². The fourth-order valence-corrected chi connectivity index (χ4v) is 4.09. The fraction of sp³-hybridized carbons (Fsp3) is 0.579. The highest BCUT2D eigenvalue weighted by Crippen LogP contribution is 2.47. The zero-order valence-corrected chi connectivity index (χ0v) is 13.5. The summed E-state index contributed by atoms with van der Waals surface area (Å²) in [5.41, 5.74) is 1.57. The van der Waals surface area contributed by atoms with Gasteiger partial charge in [-0.15, -0.1) is 0 Å². The molecule has 2 bridgehead atoms. The molecule has 2 heterocycles. The molecule has 2 atom stereocenters. The highest BCUT2D eigenvalue weighted by atomic mass is 16.5. The lowest BCUT2D eigenvalue weighted by molar-refractivity contribution is -0.0702. The van der Waals surface area contributed by atoms with Crippen molar-refractivity contribution in [1.29, 1.82) is 5.26 Å². The predicted octanol–water partition coefficient (Wildman–Crippen LogP) is 2.53. The summed E-state index contributed by atoms with van der Waals surface area (Å²) in [6.07, 6.45) is 3.65. The standard InChI is InChI=1S/C19H22N2O2/c1-21-16-8-14(9-17(21)11-23-10-16)18(22)13-2-4-15(5-3-13)19(12-20)6-7-19/h2-5,14,16-17H,6-11H2,1H3. The lowest BCUT2D eigenvalue weighted by Gasteiger charge is -2.46. The molecule has 23 heavy (non-hydrogen) atoms. The van der Waals surface area contributed by atoms with Crippen LogP contribution in [-0.4, -0.2) is 43.0 Å². The van der Waals surface area contributed by atoms with Crippen LogP contribution in [0.25, 0.3) is 0 Å². The molecular formula is C19H22N2O2. The van der Waals surface area contributed by atoms with E-state index in [1.807, 2.05) is 24.3 Å². The van der Waals surface area contributed by atoms with Crippen LogP contribution in [0.3, 0.4) is 0 Å². The van der Waals surface area contributed by atoms with Gasteiger partial charge in [0.25, 0.3) is 0 Å². The molecule has 0 amide bonds. The third-order valence-electron chi connectivity index (χ3n) is 5.94. The number of morpholine rings is 1. The molecule has 3 fully saturated rings. The summed E-state index contributed by atoms with van der Waals surface area (Å²) in [7, 11) is 2.14. The molecule has 1 aliphatic carbocycles. The van der Waals surface area contributed by atoms with Gasteiger partial charge in [-0.25, -0.2) is 0 Å². The smallest absolute Gasteiger partial charge is 0.166 e. The van der Waals surface area contributed by atoms with E-state index in [4.69, 9.17) is 4.74 Å². The number of ether oxygens (including phenoxy) is 1. The van der Waals surface area contributed by atoms with Crippen molar-refractivity contribution in [3.8, 4) is 6.07 Å². The Kier molecular flexibility index (Phi) is 3.51. The molecule has 4 heteroatoms. The number of ketones is 1. The molecule has 120 valence electrons. The number of carbonyl (C=O) groups excluding carboxylic acids is 1. The van der Waals surface area contributed by atoms with Crippen molar-refractivity contribution in [2.24, 2.45) is 5.92 Å². The topological polar surface area (TPSA) is 53.3 Å². The molecule has 3 aliphatic rings. The normalized spacial score (nSPS) is 32.1. The number of piperidine rings is 1. The molecule has 1 aromatic rings. The molecule has 1 saturated carbocycles. The number of likely N-dealkylation sites (N-methyl/N-ethyl adjacent to an activating group) is 1. The second kappa shape index (κ2) is 5.43. The van der Waals surface area contributed by atoms with Crippen molar-refractivity contribution in [1.82, 2.24) is 4.90 Å². The minimum Gasteiger partial charge on any atom is -0.378 e. The summed E-state index contributed by atoms with van der Waals surface area (Å²) >= 11 is 0. The second-order valence-corrected chi connectivity index (χ2v) is 7.31. The van der Waals surface area contributed by atoms with E-state index in [0.29, 0.717) is 12.1 Å². The average molecular weight is 310 g/mol. The first-order valence-corrected chi connectivity index (χ1v) is 8.49. The van der Waals surface area contributed by atoms with Crippen LogP contribution in [0, 0.1) is 17.2 Å². The minimum atomic E-state index is -0.274. The highest BCUT2D eigenvalue weighted by molar-refractivity contribution is 5.98. The third kappa shape index (κ3) is 2.49. The zero-order chi connectivity index (χ0) is 16.0. The van der Waals surface area contributed by atoms with Crippen LogP contribution in [0.1, 0.15) is 41.6 Å². The maximum Gasteiger partial charge on any atom is 0.166 e. The average Bonchev–Trinajstić information content (AvgIpc) is 3.35. The van der Waals surface area contributed by atoms with E-state index in [1.165, 1.54) is 0 Å². The van der Waals surface area contributed by atoms with Gasteiger partial charge >= 0.3 is 0 Å². The van der Waals surface area contributed by atoms with Gasteiger partial charge in [0.05, 0.1) is 24.7 Å². The van der Waals surface area contributed by atoms with Crippen LogP contribution in [0.15, 0.2) is 24.3 Å². The molecule has 0 spiro atoms. The number of fused-ring (bicyclic) bond motifs is 2. The first kappa shape index (κ1) is 14.9. The van der Waals surface area contributed by atoms with Gasteiger partial charge in [-0.3, -0.25) is 9.69 Å². The van der Waals surface area contributed by atoms with Gasteiger partial charge in [-0.2, -0.15) is 5.26 Å². The summed E-state index contributed by atoms with van der Waals surface area (Å²) < 4.78 is 5.63. The van der Waals surface area contributed by atoms with Crippen molar-refractivity contribution in [2.45, 2.75) is 43.2 Å². The first-order chi connectivity index (χ1) is 11.1. The second-order valence-electron chi connectivity index (χ2n) is 7.31. The van der Waals surface area contributed by atoms with Gasteiger partial charge in [0.2, 0.25) is 0 Å². The number of Topliss-reactive ketones (excluding diaryl/α,β-unsaturated/α-hetero) is 1. The van der Waals surface area contributed by atoms with Crippen LogP contribution in [0.5, 0.6) is 0 Å². The summed E-state index contributed by atoms with van der Waals surface area (Å²) in [5.74, 6) is 0.352. The lowest BCUT2D eigenvalue weighted by atomic mass is 9.80. The van der Waals surface area contributed by atoms with Crippen LogP contribution in [-0.2, 0) is 10.2 Å². The molecule has 2 saturated heterocycles. The Labute approximate surface area is 137 Å². The van der Waals surface area contributed by atoms with Gasteiger partial charge in [0, 0.05) is 23.6 Å². The lowest BCUT2D eigenvalue weighted by Crippen LogP contribution is -2.55. The quantitative estimate of drug-likeness (QED) is 0.805. The van der Waals surface area contributed by atoms with E-state index in [1.54, 1.807) is 0 Å². The van der Waals surface area contributed by atoms with Gasteiger partial charge < -0.3 is 4.74 Å². The minimum absolute atomic E-state index is 0.0989. The van der Waals surface area contributed by atoms with E-state index in [9.17, 15) is 10.1 Å². The first-order valence-electron chi connectivity index (χ1n) is 8.49. The van der Waals surface area contributed by atoms with Crippen molar-refractivity contribution in [2.75, 3.05) is 20.3 Å². The summed E-state index contributed by atoms with van der Waals surface area (Å²) in [6.45, 7) is 1.47. The van der Waals surface area contributed by atoms with Crippen LogP contribution in [0.2, 0.25) is 0 Å². The molecule has 2 unspecified atom stereocenters. The van der Waals surface area contributed by atoms with Gasteiger partial charge in [-0.05, 0) is 38.3 Å². The SMILES string of the molecule is CN1C2COCC1CC(C(=O)c1ccc(C3(C#N)CC3)cc1)C2. The number of hydrogen-bond donors (Lipinski definition) is 0. The summed E-state index contributed by atoms with van der Waals surface area (Å²) in [6, 6.07) is 10.9. The molecule has 2 aliphatic heterocycles. The largest absolute Gasteiger partial charge is 0.378 e. The number of benzene rings is 1. The Hall–Kier alpha value is -1.70. The summed E-state index contributed by atoms with van der Waals surface area (Å²) in [5, 5.41) is 9.28. The Morgan fingerprint density at radius 1 is 1.22 bits per heavy atom. The van der Waals surface area contributed by atoms with E-state index in [2.05, 4.69) is 18.0 Å². The molecule has 0 radical (unpaired) electrons. The number of rotatable bonds is 3. The summed E-state index contributed by atoms with van der Waals surface area (Å²) in [4.78, 5) is 15.2. The Bertz CT molecular complexity index is 643. The van der Waals surface area contributed by atoms with E-state index >= 15 is 0 Å². The van der Waals surface area contributed by atoms with Crippen molar-refractivity contribution in [3.63, 3.8) is 0 Å². The van der Waals surface area contributed by atoms with Crippen LogP contribution in [0.4, 0.5) is 0 Å². The number of carbonyl (C=O) groups is 1. The Morgan fingerprint density at radius 3 is 2.35 bits per heavy atom. The zero-order valence-electron chi connectivity index (χ0n) is 13.5.